The van der Waals surface area contributed by atoms with E-state index in [9.17, 15) is 9.59 Å². The van der Waals surface area contributed by atoms with Crippen molar-refractivity contribution in [3.63, 3.8) is 0 Å². The zero-order valence-corrected chi connectivity index (χ0v) is 11.5. The first-order valence-electron chi connectivity index (χ1n) is 7.08. The molecule has 2 fully saturated rings. The zero-order chi connectivity index (χ0) is 13.2. The van der Waals surface area contributed by atoms with Gasteiger partial charge in [0.1, 0.15) is 0 Å². The van der Waals surface area contributed by atoms with E-state index in [1.165, 1.54) is 11.3 Å². The number of likely N-dealkylation sites (tertiary alicyclic amines) is 1. The number of rotatable bonds is 4. The topological polar surface area (TPSA) is 49.4 Å². The number of carbonyl (C=O) groups excluding carboxylic acids is 2. The van der Waals surface area contributed by atoms with Crippen molar-refractivity contribution < 1.29 is 9.59 Å². The number of amides is 2. The summed E-state index contributed by atoms with van der Waals surface area (Å²) in [5, 5.41) is 3.09. The molecule has 4 heteroatoms. The van der Waals surface area contributed by atoms with E-state index >= 15 is 0 Å². The second-order valence-corrected chi connectivity index (χ2v) is 5.99. The molecule has 0 bridgehead atoms. The molecule has 1 aliphatic carbocycles. The van der Waals surface area contributed by atoms with Crippen molar-refractivity contribution in [3.05, 3.63) is 0 Å². The van der Waals surface area contributed by atoms with Gasteiger partial charge in [0.2, 0.25) is 11.8 Å². The smallest absolute Gasteiger partial charge is 0.235 e. The van der Waals surface area contributed by atoms with Gasteiger partial charge in [-0.2, -0.15) is 0 Å². The summed E-state index contributed by atoms with van der Waals surface area (Å²) < 4.78 is 0. The molecule has 4 nitrogen and oxygen atoms in total. The molecule has 1 spiro atoms. The highest BCUT2D eigenvalue weighted by molar-refractivity contribution is 6.05. The molecular weight excluding hydrogens is 228 g/mol. The van der Waals surface area contributed by atoms with Crippen molar-refractivity contribution in [2.24, 2.45) is 11.3 Å². The van der Waals surface area contributed by atoms with Crippen molar-refractivity contribution in [2.75, 3.05) is 20.1 Å². The van der Waals surface area contributed by atoms with Crippen LogP contribution in [0, 0.1) is 11.3 Å². The van der Waals surface area contributed by atoms with Crippen molar-refractivity contribution in [2.45, 2.75) is 45.4 Å². The molecule has 1 saturated carbocycles. The Labute approximate surface area is 109 Å². The summed E-state index contributed by atoms with van der Waals surface area (Å²) >= 11 is 0. The predicted molar refractivity (Wildman–Crippen MR) is 69.9 cm³/mol. The highest BCUT2D eigenvalue weighted by Crippen LogP contribution is 2.45. The van der Waals surface area contributed by atoms with Crippen LogP contribution < -0.4 is 5.32 Å². The average Bonchev–Trinajstić information content (AvgIpc) is 2.55. The molecule has 1 heterocycles. The Morgan fingerprint density at radius 2 is 1.94 bits per heavy atom. The van der Waals surface area contributed by atoms with E-state index in [1.807, 2.05) is 7.05 Å². The zero-order valence-electron chi connectivity index (χ0n) is 11.5. The lowest BCUT2D eigenvalue weighted by atomic mass is 9.73. The molecule has 1 saturated heterocycles. The molecule has 1 atom stereocenters. The minimum Gasteiger partial charge on any atom is -0.319 e. The normalized spacial score (nSPS) is 24.9. The van der Waals surface area contributed by atoms with Crippen LogP contribution in [0.5, 0.6) is 0 Å². The molecule has 2 amide bonds. The van der Waals surface area contributed by atoms with Crippen molar-refractivity contribution in [1.29, 1.82) is 0 Å². The average molecular weight is 252 g/mol. The van der Waals surface area contributed by atoms with Crippen molar-refractivity contribution in [1.82, 2.24) is 10.2 Å². The van der Waals surface area contributed by atoms with Gasteiger partial charge < -0.3 is 5.32 Å². The molecular formula is C14H24N2O2. The predicted octanol–water partition coefficient (Wildman–Crippen LogP) is 1.55. The lowest BCUT2D eigenvalue weighted by Crippen LogP contribution is -2.40. The summed E-state index contributed by atoms with van der Waals surface area (Å²) in [5.41, 5.74) is -0.325. The maximum absolute atomic E-state index is 12.5. The Balaban J connectivity index is 2.04. The summed E-state index contributed by atoms with van der Waals surface area (Å²) in [6.07, 6.45) is 5.68. The Hall–Kier alpha value is -0.900. The van der Waals surface area contributed by atoms with Crippen LogP contribution in [-0.4, -0.2) is 36.9 Å². The molecule has 2 rings (SSSR count). The summed E-state index contributed by atoms with van der Waals surface area (Å²) in [5.74, 6) is 0.474. The molecule has 2 aliphatic rings. The molecule has 18 heavy (non-hydrogen) atoms. The van der Waals surface area contributed by atoms with E-state index in [1.54, 1.807) is 0 Å². The fourth-order valence-corrected chi connectivity index (χ4v) is 3.39. The van der Waals surface area contributed by atoms with Crippen LogP contribution in [0.4, 0.5) is 0 Å². The van der Waals surface area contributed by atoms with Gasteiger partial charge in [-0.05, 0) is 32.4 Å². The van der Waals surface area contributed by atoms with Crippen molar-refractivity contribution >= 4 is 11.8 Å². The number of nitrogens with one attached hydrogen (secondary N) is 1. The molecule has 102 valence electrons. The SMILES string of the molecule is CNCC(C)CN1C(=O)CC2(CCCCC2)C1=O. The van der Waals surface area contributed by atoms with Gasteiger partial charge in [-0.1, -0.05) is 26.2 Å². The van der Waals surface area contributed by atoms with Gasteiger partial charge in [-0.25, -0.2) is 0 Å². The van der Waals surface area contributed by atoms with E-state index in [2.05, 4.69) is 12.2 Å². The van der Waals surface area contributed by atoms with Crippen LogP contribution in [0.3, 0.4) is 0 Å². The number of nitrogens with zero attached hydrogens (tertiary/aromatic N) is 1. The van der Waals surface area contributed by atoms with Crippen LogP contribution in [0.15, 0.2) is 0 Å². The second-order valence-electron chi connectivity index (χ2n) is 5.99. The summed E-state index contributed by atoms with van der Waals surface area (Å²) in [7, 11) is 1.90. The molecule has 0 radical (unpaired) electrons. The fourth-order valence-electron chi connectivity index (χ4n) is 3.39. The number of imide groups is 1. The fraction of sp³-hybridized carbons (Fsp3) is 0.857. The molecule has 0 aromatic heterocycles. The van der Waals surface area contributed by atoms with Gasteiger partial charge in [0.25, 0.3) is 0 Å². The Kier molecular flexibility index (Phi) is 4.05. The van der Waals surface area contributed by atoms with Gasteiger partial charge >= 0.3 is 0 Å². The highest BCUT2D eigenvalue weighted by Gasteiger charge is 2.51. The standard InChI is InChI=1S/C14H24N2O2/c1-11(9-15-2)10-16-12(17)8-14(13(16)18)6-4-3-5-7-14/h11,15H,3-10H2,1-2H3. The lowest BCUT2D eigenvalue weighted by molar-refractivity contribution is -0.142. The first-order valence-corrected chi connectivity index (χ1v) is 7.08. The second kappa shape index (κ2) is 5.39. The van der Waals surface area contributed by atoms with Gasteiger partial charge in [-0.15, -0.1) is 0 Å². The molecule has 1 aliphatic heterocycles. The highest BCUT2D eigenvalue weighted by atomic mass is 16.2. The van der Waals surface area contributed by atoms with Crippen LogP contribution in [0.1, 0.15) is 45.4 Å². The summed E-state index contributed by atoms with van der Waals surface area (Å²) in [6, 6.07) is 0. The third kappa shape index (κ3) is 2.44. The first kappa shape index (κ1) is 13.5. The molecule has 1 N–H and O–H groups in total. The minimum absolute atomic E-state index is 0.0462. The monoisotopic (exact) mass is 252 g/mol. The van der Waals surface area contributed by atoms with E-state index in [0.29, 0.717) is 18.9 Å². The third-order valence-electron chi connectivity index (χ3n) is 4.35. The molecule has 0 aromatic carbocycles. The van der Waals surface area contributed by atoms with Crippen LogP contribution in [0.25, 0.3) is 0 Å². The van der Waals surface area contributed by atoms with Crippen LogP contribution in [0.2, 0.25) is 0 Å². The summed E-state index contributed by atoms with van der Waals surface area (Å²) in [6.45, 7) is 3.48. The van der Waals surface area contributed by atoms with E-state index in [0.717, 1.165) is 32.2 Å². The lowest BCUT2D eigenvalue weighted by Gasteiger charge is -2.31. The third-order valence-corrected chi connectivity index (χ3v) is 4.35. The Morgan fingerprint density at radius 3 is 2.56 bits per heavy atom. The van der Waals surface area contributed by atoms with Gasteiger partial charge in [0, 0.05) is 13.0 Å². The van der Waals surface area contributed by atoms with E-state index < -0.39 is 0 Å². The largest absolute Gasteiger partial charge is 0.319 e. The summed E-state index contributed by atoms with van der Waals surface area (Å²) in [4.78, 5) is 26.1. The minimum atomic E-state index is -0.325. The first-order chi connectivity index (χ1) is 8.59. The van der Waals surface area contributed by atoms with Crippen LogP contribution in [-0.2, 0) is 9.59 Å². The quantitative estimate of drug-likeness (QED) is 0.772. The number of carbonyl (C=O) groups is 2. The maximum atomic E-state index is 12.5. The van der Waals surface area contributed by atoms with Gasteiger partial charge in [-0.3, -0.25) is 14.5 Å². The maximum Gasteiger partial charge on any atom is 0.235 e. The number of hydrogen-bond donors (Lipinski definition) is 1. The molecule has 0 aromatic rings. The van der Waals surface area contributed by atoms with E-state index in [4.69, 9.17) is 0 Å². The van der Waals surface area contributed by atoms with Gasteiger partial charge in [0.05, 0.1) is 5.41 Å². The van der Waals surface area contributed by atoms with Crippen LogP contribution >= 0.6 is 0 Å². The van der Waals surface area contributed by atoms with E-state index in [-0.39, 0.29) is 17.2 Å². The number of hydrogen-bond acceptors (Lipinski definition) is 3. The van der Waals surface area contributed by atoms with Crippen molar-refractivity contribution in [3.8, 4) is 0 Å². The Morgan fingerprint density at radius 1 is 1.28 bits per heavy atom. The Bertz CT molecular complexity index is 335. The van der Waals surface area contributed by atoms with Gasteiger partial charge in [0.15, 0.2) is 0 Å². The molecule has 1 unspecified atom stereocenters.